The third-order valence-electron chi connectivity index (χ3n) is 7.26. The van der Waals surface area contributed by atoms with Crippen molar-refractivity contribution in [3.8, 4) is 5.75 Å². The van der Waals surface area contributed by atoms with E-state index in [2.05, 4.69) is 5.10 Å². The maximum absolute atomic E-state index is 13.9. The Hall–Kier alpha value is -4.86. The second-order valence-corrected chi connectivity index (χ2v) is 9.07. The number of carbonyl (C=O) groups is 3. The average Bonchev–Trinajstić information content (AvgIpc) is 3.40. The molecule has 3 aromatic rings. The Morgan fingerprint density at radius 3 is 2.30 bits per heavy atom. The molecule has 0 radical (unpaired) electrons. The molecular weight excluding hydrogens is 476 g/mol. The van der Waals surface area contributed by atoms with Crippen molar-refractivity contribution in [2.45, 2.75) is 12.1 Å². The molecule has 3 aromatic carbocycles. The SMILES string of the molecule is COc1ccc(C(=O)[C@@H]2[C@@H]3C(=O)N(c4ccc([N+](=O)[O-])cc4)C(=O)[C@H]3[C@H]3c4ccccc4C=NN23)cc1. The molecule has 0 aliphatic carbocycles. The van der Waals surface area contributed by atoms with Gasteiger partial charge in [-0.25, -0.2) is 4.90 Å². The number of nitrogens with zero attached hydrogens (tertiary/aromatic N) is 4. The summed E-state index contributed by atoms with van der Waals surface area (Å²) >= 11 is 0. The fourth-order valence-corrected chi connectivity index (χ4v) is 5.57. The van der Waals surface area contributed by atoms with Crippen LogP contribution in [0.1, 0.15) is 27.5 Å². The molecule has 2 amide bonds. The van der Waals surface area contributed by atoms with E-state index in [1.165, 1.54) is 31.4 Å². The minimum Gasteiger partial charge on any atom is -0.497 e. The molecule has 0 unspecified atom stereocenters. The Morgan fingerprint density at radius 2 is 1.62 bits per heavy atom. The molecule has 2 fully saturated rings. The summed E-state index contributed by atoms with van der Waals surface area (Å²) in [6.07, 6.45) is 1.64. The number of non-ortho nitro benzene ring substituents is 1. The highest BCUT2D eigenvalue weighted by molar-refractivity contribution is 6.24. The van der Waals surface area contributed by atoms with Gasteiger partial charge in [-0.1, -0.05) is 24.3 Å². The number of anilines is 1. The van der Waals surface area contributed by atoms with Crippen molar-refractivity contribution in [1.29, 1.82) is 0 Å². The zero-order valence-corrected chi connectivity index (χ0v) is 19.6. The molecule has 0 saturated carbocycles. The Balaban J connectivity index is 1.45. The highest BCUT2D eigenvalue weighted by atomic mass is 16.6. The summed E-state index contributed by atoms with van der Waals surface area (Å²) in [5.74, 6) is -2.57. The van der Waals surface area contributed by atoms with Crippen LogP contribution in [-0.4, -0.2) is 46.9 Å². The van der Waals surface area contributed by atoms with Gasteiger partial charge in [-0.15, -0.1) is 0 Å². The highest BCUT2D eigenvalue weighted by Crippen LogP contribution is 2.53. The monoisotopic (exact) mass is 496 g/mol. The lowest BCUT2D eigenvalue weighted by molar-refractivity contribution is -0.384. The van der Waals surface area contributed by atoms with Crippen molar-refractivity contribution in [3.05, 3.63) is 99.6 Å². The molecule has 184 valence electrons. The maximum atomic E-state index is 13.9. The van der Waals surface area contributed by atoms with Crippen LogP contribution in [0.15, 0.2) is 77.9 Å². The smallest absolute Gasteiger partial charge is 0.269 e. The topological polar surface area (TPSA) is 122 Å². The summed E-state index contributed by atoms with van der Waals surface area (Å²) in [6.45, 7) is 0. The normalized spacial score (nSPS) is 23.5. The van der Waals surface area contributed by atoms with Crippen molar-refractivity contribution in [2.75, 3.05) is 12.0 Å². The number of hydrogen-bond acceptors (Lipinski definition) is 8. The first-order valence-corrected chi connectivity index (χ1v) is 11.6. The Morgan fingerprint density at radius 1 is 0.946 bits per heavy atom. The Bertz CT molecular complexity index is 1480. The molecule has 10 heteroatoms. The van der Waals surface area contributed by atoms with E-state index in [1.807, 2.05) is 24.3 Å². The number of hydrogen-bond donors (Lipinski definition) is 0. The molecule has 2 saturated heterocycles. The fraction of sp³-hybridized carbons (Fsp3) is 0.185. The summed E-state index contributed by atoms with van der Waals surface area (Å²) in [4.78, 5) is 53.1. The second-order valence-electron chi connectivity index (χ2n) is 9.07. The van der Waals surface area contributed by atoms with Crippen LogP contribution in [0.5, 0.6) is 5.75 Å². The van der Waals surface area contributed by atoms with E-state index in [-0.39, 0.29) is 17.2 Å². The molecule has 3 aliphatic heterocycles. The minimum atomic E-state index is -1.01. The summed E-state index contributed by atoms with van der Waals surface area (Å²) < 4.78 is 5.19. The van der Waals surface area contributed by atoms with Crippen LogP contribution in [0, 0.1) is 22.0 Å². The molecule has 3 aliphatic rings. The van der Waals surface area contributed by atoms with Gasteiger partial charge in [-0.05, 0) is 47.5 Å². The van der Waals surface area contributed by atoms with Gasteiger partial charge in [0.1, 0.15) is 11.8 Å². The number of rotatable bonds is 5. The molecule has 10 nitrogen and oxygen atoms in total. The summed E-state index contributed by atoms with van der Waals surface area (Å²) in [5.41, 5.74) is 2.06. The molecule has 6 rings (SSSR count). The van der Waals surface area contributed by atoms with Crippen LogP contribution in [-0.2, 0) is 9.59 Å². The molecule has 0 spiro atoms. The van der Waals surface area contributed by atoms with E-state index in [4.69, 9.17) is 4.74 Å². The van der Waals surface area contributed by atoms with Gasteiger partial charge in [0, 0.05) is 17.7 Å². The number of Topliss-reactive ketones (excluding diaryl/α,β-unsaturated/α-hetero) is 1. The summed E-state index contributed by atoms with van der Waals surface area (Å²) in [6, 6.07) is 17.7. The van der Waals surface area contributed by atoms with E-state index in [0.29, 0.717) is 11.3 Å². The molecule has 37 heavy (non-hydrogen) atoms. The van der Waals surface area contributed by atoms with E-state index >= 15 is 0 Å². The van der Waals surface area contributed by atoms with Crippen LogP contribution in [0.25, 0.3) is 0 Å². The first-order valence-electron chi connectivity index (χ1n) is 11.6. The van der Waals surface area contributed by atoms with Crippen molar-refractivity contribution in [2.24, 2.45) is 16.9 Å². The standard InChI is InChI=1S/C27H20N4O6/c1-37-19-12-6-15(7-13-19)25(32)24-22-21(23-20-5-3-2-4-16(20)14-28-30(23)24)26(33)29(27(22)34)17-8-10-18(11-9-17)31(35)36/h2-14,21-24H,1H3/t21-,22-,23-,24+/m1/s1. The fourth-order valence-electron chi connectivity index (χ4n) is 5.57. The number of imide groups is 1. The predicted octanol–water partition coefficient (Wildman–Crippen LogP) is 3.36. The van der Waals surface area contributed by atoms with Crippen molar-refractivity contribution >= 4 is 35.2 Å². The first-order chi connectivity index (χ1) is 17.9. The molecule has 3 heterocycles. The number of amides is 2. The van der Waals surface area contributed by atoms with Crippen LogP contribution < -0.4 is 9.64 Å². The first kappa shape index (κ1) is 22.6. The van der Waals surface area contributed by atoms with Crippen LogP contribution >= 0.6 is 0 Å². The van der Waals surface area contributed by atoms with Crippen molar-refractivity contribution < 1.29 is 24.0 Å². The third-order valence-corrected chi connectivity index (χ3v) is 7.26. The van der Waals surface area contributed by atoms with Gasteiger partial charge in [0.25, 0.3) is 5.69 Å². The summed E-state index contributed by atoms with van der Waals surface area (Å²) in [7, 11) is 1.53. The lowest BCUT2D eigenvalue weighted by atomic mass is 9.83. The lowest BCUT2D eigenvalue weighted by Crippen LogP contribution is -2.44. The number of ketones is 1. The Kier molecular flexibility index (Phi) is 5.11. The van der Waals surface area contributed by atoms with E-state index < -0.39 is 40.7 Å². The van der Waals surface area contributed by atoms with Crippen molar-refractivity contribution in [3.63, 3.8) is 0 Å². The number of methoxy groups -OCH3 is 1. The van der Waals surface area contributed by atoms with Crippen LogP contribution in [0.3, 0.4) is 0 Å². The Labute approximate surface area is 210 Å². The van der Waals surface area contributed by atoms with Gasteiger partial charge < -0.3 is 4.74 Å². The number of fused-ring (bicyclic) bond motifs is 5. The number of carbonyl (C=O) groups excluding carboxylic acids is 3. The quantitative estimate of drug-likeness (QED) is 0.230. The molecule has 0 N–H and O–H groups in total. The largest absolute Gasteiger partial charge is 0.497 e. The number of benzene rings is 3. The van der Waals surface area contributed by atoms with Gasteiger partial charge in [-0.2, -0.15) is 5.10 Å². The van der Waals surface area contributed by atoms with Gasteiger partial charge in [0.2, 0.25) is 11.8 Å². The zero-order valence-electron chi connectivity index (χ0n) is 19.6. The number of nitro groups is 1. The van der Waals surface area contributed by atoms with E-state index in [0.717, 1.165) is 16.0 Å². The van der Waals surface area contributed by atoms with Gasteiger partial charge in [-0.3, -0.25) is 29.5 Å². The number of hydrazone groups is 1. The number of nitro benzene ring substituents is 1. The zero-order chi connectivity index (χ0) is 25.8. The maximum Gasteiger partial charge on any atom is 0.269 e. The molecular formula is C27H20N4O6. The van der Waals surface area contributed by atoms with Gasteiger partial charge >= 0.3 is 0 Å². The molecule has 0 aromatic heterocycles. The predicted molar refractivity (Wildman–Crippen MR) is 132 cm³/mol. The molecule has 4 atom stereocenters. The average molecular weight is 496 g/mol. The lowest BCUT2D eigenvalue weighted by Gasteiger charge is -2.33. The minimum absolute atomic E-state index is 0.155. The van der Waals surface area contributed by atoms with E-state index in [1.54, 1.807) is 35.5 Å². The number of ether oxygens (including phenoxy) is 1. The molecule has 0 bridgehead atoms. The van der Waals surface area contributed by atoms with Gasteiger partial charge in [0.05, 0.1) is 41.8 Å². The van der Waals surface area contributed by atoms with E-state index in [9.17, 15) is 24.5 Å². The van der Waals surface area contributed by atoms with Crippen LogP contribution in [0.2, 0.25) is 0 Å². The second kappa shape index (κ2) is 8.37. The van der Waals surface area contributed by atoms with Crippen LogP contribution in [0.4, 0.5) is 11.4 Å². The third kappa shape index (κ3) is 3.33. The van der Waals surface area contributed by atoms with Crippen molar-refractivity contribution in [1.82, 2.24) is 5.01 Å². The van der Waals surface area contributed by atoms with Gasteiger partial charge in [0.15, 0.2) is 5.78 Å². The summed E-state index contributed by atoms with van der Waals surface area (Å²) in [5, 5.41) is 17.2. The highest BCUT2D eigenvalue weighted by Gasteiger charge is 2.65.